The Hall–Kier alpha value is -1.85. The molecule has 0 radical (unpaired) electrons. The summed E-state index contributed by atoms with van der Waals surface area (Å²) in [5.41, 5.74) is 2.54. The fraction of sp³-hybridized carbons (Fsp3) is 0.222. The van der Waals surface area contributed by atoms with E-state index in [-0.39, 0.29) is 24.2 Å². The van der Waals surface area contributed by atoms with E-state index < -0.39 is 0 Å². The molecule has 124 valence electrons. The van der Waals surface area contributed by atoms with Crippen LogP contribution in [0.2, 0.25) is 5.02 Å². The maximum absolute atomic E-state index is 12.5. The Kier molecular flexibility index (Phi) is 4.92. The van der Waals surface area contributed by atoms with Gasteiger partial charge in [-0.15, -0.1) is 0 Å². The number of carbonyl (C=O) groups excluding carboxylic acids is 2. The predicted molar refractivity (Wildman–Crippen MR) is 99.4 cm³/mol. The van der Waals surface area contributed by atoms with Crippen molar-refractivity contribution in [2.75, 3.05) is 16.8 Å². The Morgan fingerprint density at radius 2 is 2.08 bits per heavy atom. The van der Waals surface area contributed by atoms with E-state index in [1.165, 1.54) is 0 Å². The van der Waals surface area contributed by atoms with Crippen LogP contribution in [0.15, 0.2) is 46.9 Å². The van der Waals surface area contributed by atoms with Crippen LogP contribution in [0.1, 0.15) is 12.0 Å². The van der Waals surface area contributed by atoms with Gasteiger partial charge in [0.05, 0.1) is 10.9 Å². The highest BCUT2D eigenvalue weighted by Crippen LogP contribution is 2.28. The Bertz CT molecular complexity index is 809. The van der Waals surface area contributed by atoms with Gasteiger partial charge in [-0.25, -0.2) is 0 Å². The molecule has 2 amide bonds. The average Bonchev–Trinajstić information content (AvgIpc) is 2.93. The van der Waals surface area contributed by atoms with Crippen molar-refractivity contribution in [1.29, 1.82) is 0 Å². The van der Waals surface area contributed by atoms with Crippen LogP contribution in [0.3, 0.4) is 0 Å². The average molecular weight is 408 g/mol. The van der Waals surface area contributed by atoms with Gasteiger partial charge >= 0.3 is 0 Å². The molecule has 0 saturated carbocycles. The molecule has 1 aliphatic rings. The molecule has 6 heteroatoms. The summed E-state index contributed by atoms with van der Waals surface area (Å²) in [6, 6.07) is 12.9. The molecule has 1 fully saturated rings. The molecule has 0 spiro atoms. The molecular weight excluding hydrogens is 392 g/mol. The van der Waals surface area contributed by atoms with Crippen molar-refractivity contribution in [1.82, 2.24) is 0 Å². The fourth-order valence-electron chi connectivity index (χ4n) is 2.75. The number of amides is 2. The second kappa shape index (κ2) is 6.95. The largest absolute Gasteiger partial charge is 0.326 e. The smallest absolute Gasteiger partial charge is 0.229 e. The first-order chi connectivity index (χ1) is 11.4. The van der Waals surface area contributed by atoms with Crippen LogP contribution < -0.4 is 10.2 Å². The van der Waals surface area contributed by atoms with Gasteiger partial charge in [0.15, 0.2) is 0 Å². The van der Waals surface area contributed by atoms with Crippen molar-refractivity contribution in [2.45, 2.75) is 13.3 Å². The lowest BCUT2D eigenvalue weighted by atomic mass is 10.1. The first-order valence-electron chi connectivity index (χ1n) is 7.57. The first kappa shape index (κ1) is 17.0. The van der Waals surface area contributed by atoms with Crippen LogP contribution in [0.4, 0.5) is 11.4 Å². The van der Waals surface area contributed by atoms with Crippen molar-refractivity contribution < 1.29 is 9.59 Å². The Morgan fingerprint density at radius 1 is 1.29 bits per heavy atom. The molecule has 0 aromatic heterocycles. The Balaban J connectivity index is 1.70. The Labute approximate surface area is 153 Å². The zero-order valence-electron chi connectivity index (χ0n) is 13.1. The number of hydrogen-bond acceptors (Lipinski definition) is 2. The van der Waals surface area contributed by atoms with Gasteiger partial charge in [0.25, 0.3) is 0 Å². The lowest BCUT2D eigenvalue weighted by Crippen LogP contribution is -2.28. The van der Waals surface area contributed by atoms with Gasteiger partial charge in [0.1, 0.15) is 0 Å². The summed E-state index contributed by atoms with van der Waals surface area (Å²) < 4.78 is 0.767. The van der Waals surface area contributed by atoms with Crippen molar-refractivity contribution in [3.8, 4) is 0 Å². The van der Waals surface area contributed by atoms with E-state index in [0.717, 1.165) is 15.7 Å². The Morgan fingerprint density at radius 3 is 2.79 bits per heavy atom. The maximum atomic E-state index is 12.5. The van der Waals surface area contributed by atoms with Gasteiger partial charge in [-0.3, -0.25) is 9.59 Å². The van der Waals surface area contributed by atoms with E-state index >= 15 is 0 Å². The van der Waals surface area contributed by atoms with Crippen molar-refractivity contribution in [3.63, 3.8) is 0 Å². The fourth-order valence-corrected chi connectivity index (χ4v) is 3.17. The van der Waals surface area contributed by atoms with Crippen molar-refractivity contribution >= 4 is 50.7 Å². The van der Waals surface area contributed by atoms with Crippen LogP contribution in [0.25, 0.3) is 0 Å². The van der Waals surface area contributed by atoms with Crippen molar-refractivity contribution in [3.05, 3.63) is 57.5 Å². The summed E-state index contributed by atoms with van der Waals surface area (Å²) in [7, 11) is 0. The van der Waals surface area contributed by atoms with Gasteiger partial charge in [-0.1, -0.05) is 23.7 Å². The second-order valence-corrected chi connectivity index (χ2v) is 7.12. The number of nitrogens with one attached hydrogen (secondary N) is 1. The molecule has 0 unspecified atom stereocenters. The molecule has 3 rings (SSSR count). The number of benzene rings is 2. The number of carbonyl (C=O) groups is 2. The molecule has 1 heterocycles. The minimum atomic E-state index is -0.375. The summed E-state index contributed by atoms with van der Waals surface area (Å²) in [6.07, 6.45) is 0.212. The molecule has 1 N–H and O–H groups in total. The van der Waals surface area contributed by atoms with Crippen LogP contribution in [-0.2, 0) is 9.59 Å². The van der Waals surface area contributed by atoms with Crippen LogP contribution in [-0.4, -0.2) is 18.4 Å². The highest BCUT2D eigenvalue weighted by Gasteiger charge is 2.35. The van der Waals surface area contributed by atoms with Crippen LogP contribution in [0.5, 0.6) is 0 Å². The monoisotopic (exact) mass is 406 g/mol. The molecule has 24 heavy (non-hydrogen) atoms. The van der Waals surface area contributed by atoms with E-state index in [2.05, 4.69) is 21.2 Å². The third-order valence-corrected chi connectivity index (χ3v) is 5.23. The summed E-state index contributed by atoms with van der Waals surface area (Å²) in [6.45, 7) is 2.36. The van der Waals surface area contributed by atoms with Crippen molar-refractivity contribution in [2.24, 2.45) is 5.92 Å². The minimum absolute atomic E-state index is 0.0328. The highest BCUT2D eigenvalue weighted by molar-refractivity contribution is 9.10. The zero-order chi connectivity index (χ0) is 17.3. The number of hydrogen-bond donors (Lipinski definition) is 1. The molecular formula is C18H16BrClN2O2. The van der Waals surface area contributed by atoms with Gasteiger partial charge < -0.3 is 10.2 Å². The van der Waals surface area contributed by atoms with Crippen LogP contribution in [0, 0.1) is 12.8 Å². The summed E-state index contributed by atoms with van der Waals surface area (Å²) in [4.78, 5) is 26.4. The molecule has 0 aliphatic carbocycles. The summed E-state index contributed by atoms with van der Waals surface area (Å²) >= 11 is 9.35. The standard InChI is InChI=1S/C18H16BrClN2O2/c1-11-3-2-4-14(7-11)22-10-12(8-17(22)23)18(24)21-13-5-6-15(19)16(20)9-13/h2-7,9,12H,8,10H2,1H3,(H,21,24)/t12-/m0/s1. The maximum Gasteiger partial charge on any atom is 0.229 e. The van der Waals surface area contributed by atoms with E-state index in [1.807, 2.05) is 31.2 Å². The number of halogens is 2. The number of aryl methyl sites for hydroxylation is 1. The predicted octanol–water partition coefficient (Wildman–Crippen LogP) is 4.40. The SMILES string of the molecule is Cc1cccc(N2C[C@@H](C(=O)Nc3ccc(Br)c(Cl)c3)CC2=O)c1. The molecule has 0 bridgehead atoms. The van der Waals surface area contributed by atoms with Gasteiger partial charge in [-0.2, -0.15) is 0 Å². The zero-order valence-corrected chi connectivity index (χ0v) is 15.4. The third-order valence-electron chi connectivity index (χ3n) is 4.00. The molecule has 4 nitrogen and oxygen atoms in total. The van der Waals surface area contributed by atoms with E-state index in [1.54, 1.807) is 23.1 Å². The van der Waals surface area contributed by atoms with Gasteiger partial charge in [0, 0.05) is 28.8 Å². The number of rotatable bonds is 3. The lowest BCUT2D eigenvalue weighted by Gasteiger charge is -2.17. The normalized spacial score (nSPS) is 17.2. The lowest BCUT2D eigenvalue weighted by molar-refractivity contribution is -0.122. The first-order valence-corrected chi connectivity index (χ1v) is 8.74. The third kappa shape index (κ3) is 3.62. The molecule has 1 atom stereocenters. The topological polar surface area (TPSA) is 49.4 Å². The molecule has 2 aromatic rings. The highest BCUT2D eigenvalue weighted by atomic mass is 79.9. The molecule has 1 saturated heterocycles. The van der Waals surface area contributed by atoms with E-state index in [4.69, 9.17) is 11.6 Å². The minimum Gasteiger partial charge on any atom is -0.326 e. The number of nitrogens with zero attached hydrogens (tertiary/aromatic N) is 1. The quantitative estimate of drug-likeness (QED) is 0.819. The summed E-state index contributed by atoms with van der Waals surface area (Å²) in [5, 5.41) is 3.36. The van der Waals surface area contributed by atoms with Gasteiger partial charge in [-0.05, 0) is 58.7 Å². The van der Waals surface area contributed by atoms with Crippen LogP contribution >= 0.6 is 27.5 Å². The second-order valence-electron chi connectivity index (χ2n) is 5.86. The van der Waals surface area contributed by atoms with Gasteiger partial charge in [0.2, 0.25) is 11.8 Å². The molecule has 1 aliphatic heterocycles. The van der Waals surface area contributed by atoms with E-state index in [0.29, 0.717) is 17.3 Å². The van der Waals surface area contributed by atoms with E-state index in [9.17, 15) is 9.59 Å². The number of anilines is 2. The molecule has 2 aromatic carbocycles. The summed E-state index contributed by atoms with van der Waals surface area (Å²) in [5.74, 6) is -0.577.